The molecule has 1 aliphatic rings. The zero-order valence-corrected chi connectivity index (χ0v) is 11.7. The molecule has 0 atom stereocenters. The van der Waals surface area contributed by atoms with E-state index in [1.54, 1.807) is 0 Å². The summed E-state index contributed by atoms with van der Waals surface area (Å²) >= 11 is 0. The highest BCUT2D eigenvalue weighted by atomic mass is 16.7. The summed E-state index contributed by atoms with van der Waals surface area (Å²) in [5.41, 5.74) is -0.771. The minimum Gasteiger partial charge on any atom is -0.397 e. The zero-order valence-electron chi connectivity index (χ0n) is 11.7. The van der Waals surface area contributed by atoms with Crippen LogP contribution in [0.3, 0.4) is 0 Å². The van der Waals surface area contributed by atoms with Crippen molar-refractivity contribution in [3.8, 4) is 0 Å². The molecule has 0 radical (unpaired) electrons. The number of nitrogens with zero attached hydrogens (tertiary/aromatic N) is 2. The van der Waals surface area contributed by atoms with Crippen LogP contribution in [0.5, 0.6) is 0 Å². The maximum absolute atomic E-state index is 10.9. The third kappa shape index (κ3) is 2.44. The van der Waals surface area contributed by atoms with Gasteiger partial charge in [-0.3, -0.25) is 4.79 Å². The molecule has 0 aromatic carbocycles. The molecule has 0 bridgehead atoms. The number of carbonyl (C=O) groups is 1. The van der Waals surface area contributed by atoms with Crippen molar-refractivity contribution >= 4 is 24.8 Å². The average Bonchev–Trinajstić information content (AvgIpc) is 2.58. The Morgan fingerprint density at radius 1 is 1.25 bits per heavy atom. The molecule has 1 aromatic heterocycles. The first kappa shape index (κ1) is 14.6. The molecule has 0 aliphatic carbocycles. The molecule has 0 spiro atoms. The number of hydrogen-bond donors (Lipinski definition) is 0. The van der Waals surface area contributed by atoms with Crippen molar-refractivity contribution in [1.82, 2.24) is 4.98 Å². The predicted octanol–water partition coefficient (Wildman–Crippen LogP) is 1.10. The number of pyridine rings is 1. The molecule has 8 heteroatoms. The third-order valence-electron chi connectivity index (χ3n) is 3.67. The van der Waals surface area contributed by atoms with Crippen LogP contribution in [0.25, 0.3) is 0 Å². The molecule has 7 nitrogen and oxygen atoms in total. The van der Waals surface area contributed by atoms with E-state index in [9.17, 15) is 14.9 Å². The molecule has 106 valence electrons. The lowest BCUT2D eigenvalue weighted by Gasteiger charge is -2.32. The van der Waals surface area contributed by atoms with E-state index < -0.39 is 29.1 Å². The van der Waals surface area contributed by atoms with Gasteiger partial charge in [-0.25, -0.2) is 0 Å². The first-order chi connectivity index (χ1) is 9.16. The number of aldehydes is 1. The second kappa shape index (κ2) is 4.64. The molecule has 2 heterocycles. The molecule has 2 rings (SSSR count). The Morgan fingerprint density at radius 2 is 1.80 bits per heavy atom. The Kier molecular flexibility index (Phi) is 3.39. The van der Waals surface area contributed by atoms with Crippen molar-refractivity contribution in [2.24, 2.45) is 0 Å². The molecular formula is C12H15BN2O5. The van der Waals surface area contributed by atoms with Crippen LogP contribution in [0.2, 0.25) is 0 Å². The van der Waals surface area contributed by atoms with E-state index in [0.29, 0.717) is 6.29 Å². The standard InChI is InChI=1S/C12H15BN2O5/c1-11(2)12(3,4)20-13(19-11)9-5-8(7-16)6-10(14-9)15(17)18/h5-7H,1-4H3. The molecule has 1 saturated heterocycles. The van der Waals surface area contributed by atoms with E-state index >= 15 is 0 Å². The molecule has 0 saturated carbocycles. The number of rotatable bonds is 3. The largest absolute Gasteiger partial charge is 0.542 e. The summed E-state index contributed by atoms with van der Waals surface area (Å²) < 4.78 is 11.5. The summed E-state index contributed by atoms with van der Waals surface area (Å²) in [5, 5.41) is 10.8. The van der Waals surface area contributed by atoms with E-state index in [2.05, 4.69) is 4.98 Å². The van der Waals surface area contributed by atoms with E-state index in [4.69, 9.17) is 9.31 Å². The monoisotopic (exact) mass is 278 g/mol. The van der Waals surface area contributed by atoms with Crippen LogP contribution in [0.4, 0.5) is 5.82 Å². The molecule has 20 heavy (non-hydrogen) atoms. The molecule has 1 aliphatic heterocycles. The Bertz CT molecular complexity index is 557. The number of hydrogen-bond acceptors (Lipinski definition) is 6. The summed E-state index contributed by atoms with van der Waals surface area (Å²) in [6.07, 6.45) is 0.531. The van der Waals surface area contributed by atoms with E-state index in [1.165, 1.54) is 6.07 Å². The zero-order chi connectivity index (χ0) is 15.1. The van der Waals surface area contributed by atoms with Crippen LogP contribution in [0.1, 0.15) is 38.1 Å². The lowest BCUT2D eigenvalue weighted by molar-refractivity contribution is -0.389. The summed E-state index contributed by atoms with van der Waals surface area (Å²) in [6, 6.07) is 2.55. The van der Waals surface area contributed by atoms with E-state index in [0.717, 1.165) is 6.07 Å². The van der Waals surface area contributed by atoms with E-state index in [-0.39, 0.29) is 11.2 Å². The smallest absolute Gasteiger partial charge is 0.397 e. The molecule has 0 unspecified atom stereocenters. The number of aromatic nitrogens is 1. The minimum absolute atomic E-state index is 0.163. The van der Waals surface area contributed by atoms with Crippen molar-refractivity contribution in [1.29, 1.82) is 0 Å². The van der Waals surface area contributed by atoms with Crippen molar-refractivity contribution in [2.75, 3.05) is 0 Å². The lowest BCUT2D eigenvalue weighted by Crippen LogP contribution is -2.41. The third-order valence-corrected chi connectivity index (χ3v) is 3.67. The van der Waals surface area contributed by atoms with Gasteiger partial charge in [-0.1, -0.05) is 0 Å². The second-order valence-corrected chi connectivity index (χ2v) is 5.65. The maximum Gasteiger partial charge on any atom is 0.542 e. The molecular weight excluding hydrogens is 263 g/mol. The predicted molar refractivity (Wildman–Crippen MR) is 72.0 cm³/mol. The quantitative estimate of drug-likeness (QED) is 0.356. The fourth-order valence-corrected chi connectivity index (χ4v) is 1.80. The van der Waals surface area contributed by atoms with Gasteiger partial charge in [0, 0.05) is 11.6 Å². The van der Waals surface area contributed by atoms with Gasteiger partial charge in [0.15, 0.2) is 5.59 Å². The number of nitro groups is 1. The van der Waals surface area contributed by atoms with Gasteiger partial charge in [-0.15, -0.1) is 0 Å². The average molecular weight is 278 g/mol. The molecule has 0 amide bonds. The van der Waals surface area contributed by atoms with Crippen LogP contribution in [0, 0.1) is 10.1 Å². The lowest BCUT2D eigenvalue weighted by atomic mass is 9.83. The normalized spacial score (nSPS) is 19.9. The summed E-state index contributed by atoms with van der Waals surface area (Å²) in [7, 11) is -0.835. The Labute approximate surface area is 116 Å². The Balaban J connectivity index is 2.42. The molecule has 1 fully saturated rings. The van der Waals surface area contributed by atoms with Gasteiger partial charge in [-0.2, -0.15) is 0 Å². The Morgan fingerprint density at radius 3 is 2.25 bits per heavy atom. The number of carbonyl (C=O) groups excluding carboxylic acids is 1. The van der Waals surface area contributed by atoms with Crippen molar-refractivity contribution < 1.29 is 19.0 Å². The first-order valence-corrected chi connectivity index (χ1v) is 6.13. The van der Waals surface area contributed by atoms with Crippen LogP contribution < -0.4 is 5.59 Å². The molecule has 1 aromatic rings. The highest BCUT2D eigenvalue weighted by Gasteiger charge is 2.54. The van der Waals surface area contributed by atoms with Crippen molar-refractivity contribution in [3.05, 3.63) is 27.8 Å². The highest BCUT2D eigenvalue weighted by Crippen LogP contribution is 2.36. The summed E-state index contributed by atoms with van der Waals surface area (Å²) in [4.78, 5) is 24.9. The van der Waals surface area contributed by atoms with Crippen molar-refractivity contribution in [3.63, 3.8) is 0 Å². The van der Waals surface area contributed by atoms with Crippen LogP contribution in [0.15, 0.2) is 12.1 Å². The minimum atomic E-state index is -0.835. The molecule has 0 N–H and O–H groups in total. The summed E-state index contributed by atoms with van der Waals surface area (Å²) in [5.74, 6) is -0.403. The van der Waals surface area contributed by atoms with Gasteiger partial charge in [-0.05, 0) is 43.7 Å². The maximum atomic E-state index is 10.9. The van der Waals surface area contributed by atoms with Crippen molar-refractivity contribution in [2.45, 2.75) is 38.9 Å². The van der Waals surface area contributed by atoms with Gasteiger partial charge >= 0.3 is 12.9 Å². The van der Waals surface area contributed by atoms with Gasteiger partial charge in [0.2, 0.25) is 0 Å². The van der Waals surface area contributed by atoms with E-state index in [1.807, 2.05) is 27.7 Å². The van der Waals surface area contributed by atoms with Gasteiger partial charge in [0.1, 0.15) is 6.29 Å². The van der Waals surface area contributed by atoms with Crippen LogP contribution >= 0.6 is 0 Å². The van der Waals surface area contributed by atoms with Crippen LogP contribution in [-0.4, -0.2) is 34.5 Å². The highest BCUT2D eigenvalue weighted by molar-refractivity contribution is 6.61. The fraction of sp³-hybridized carbons (Fsp3) is 0.500. The SMILES string of the molecule is CC1(C)OB(c2cc(C=O)cc([N+](=O)[O-])n2)OC1(C)C. The summed E-state index contributed by atoms with van der Waals surface area (Å²) in [6.45, 7) is 7.46. The topological polar surface area (TPSA) is 91.6 Å². The van der Waals surface area contributed by atoms with Crippen LogP contribution in [-0.2, 0) is 9.31 Å². The van der Waals surface area contributed by atoms with Gasteiger partial charge < -0.3 is 19.4 Å². The van der Waals surface area contributed by atoms with Gasteiger partial charge in [0.05, 0.1) is 11.2 Å². The fourth-order valence-electron chi connectivity index (χ4n) is 1.80. The first-order valence-electron chi connectivity index (χ1n) is 6.13. The second-order valence-electron chi connectivity index (χ2n) is 5.65. The van der Waals surface area contributed by atoms with Gasteiger partial charge in [0.25, 0.3) is 0 Å². The Hall–Kier alpha value is -1.80.